The van der Waals surface area contributed by atoms with E-state index in [1.807, 2.05) is 6.07 Å². The Hall–Kier alpha value is -3.15. The molecule has 2 aliphatic rings. The highest BCUT2D eigenvalue weighted by Gasteiger charge is 2.23. The fourth-order valence-electron chi connectivity index (χ4n) is 3.97. The van der Waals surface area contributed by atoms with Crippen molar-refractivity contribution in [3.63, 3.8) is 0 Å². The number of nitrogens with one attached hydrogen (secondary N) is 1. The van der Waals surface area contributed by atoms with Crippen LogP contribution in [-0.2, 0) is 6.54 Å². The van der Waals surface area contributed by atoms with Crippen LogP contribution >= 0.6 is 0 Å². The van der Waals surface area contributed by atoms with Gasteiger partial charge in [-0.1, -0.05) is 0 Å². The average molecular weight is 371 g/mol. The molecule has 3 heterocycles. The Kier molecular flexibility index (Phi) is 3.51. The maximum Gasteiger partial charge on any atom is 0.147 e. The number of aromatic nitrogens is 4. The molecule has 0 amide bonds. The van der Waals surface area contributed by atoms with Crippen LogP contribution in [0.2, 0.25) is 0 Å². The monoisotopic (exact) mass is 371 g/mol. The molecule has 0 radical (unpaired) electrons. The minimum atomic E-state index is 0.728. The van der Waals surface area contributed by atoms with Crippen LogP contribution in [0.25, 0.3) is 33.5 Å². The van der Waals surface area contributed by atoms with Crippen molar-refractivity contribution in [1.29, 1.82) is 0 Å². The second-order valence-corrected chi connectivity index (χ2v) is 7.72. The van der Waals surface area contributed by atoms with E-state index in [0.717, 1.165) is 76.9 Å². The van der Waals surface area contributed by atoms with Crippen molar-refractivity contribution in [2.45, 2.75) is 25.8 Å². The van der Waals surface area contributed by atoms with E-state index in [2.05, 4.69) is 44.1 Å². The van der Waals surface area contributed by atoms with Gasteiger partial charge in [-0.15, -0.1) is 0 Å². The fraction of sp³-hybridized carbons (Fsp3) is 0.318. The maximum atomic E-state index is 6.08. The smallest absolute Gasteiger partial charge is 0.147 e. The zero-order valence-electron chi connectivity index (χ0n) is 15.6. The van der Waals surface area contributed by atoms with Crippen LogP contribution in [0.4, 0.5) is 5.69 Å². The summed E-state index contributed by atoms with van der Waals surface area (Å²) in [4.78, 5) is 13.8. The first kappa shape index (κ1) is 15.9. The van der Waals surface area contributed by atoms with Crippen molar-refractivity contribution < 1.29 is 4.74 Å². The predicted molar refractivity (Wildman–Crippen MR) is 110 cm³/mol. The molecule has 6 nitrogen and oxygen atoms in total. The SMILES string of the molecule is c1cnc2cc(-c3nc4cc(NCC5CC5)cc5c4n3CCCO5)ccc2n1. The second-order valence-electron chi connectivity index (χ2n) is 7.72. The van der Waals surface area contributed by atoms with Crippen molar-refractivity contribution in [1.82, 2.24) is 19.5 Å². The summed E-state index contributed by atoms with van der Waals surface area (Å²) in [5, 5.41) is 3.56. The van der Waals surface area contributed by atoms with Crippen LogP contribution < -0.4 is 10.1 Å². The van der Waals surface area contributed by atoms with Crippen molar-refractivity contribution in [2.24, 2.45) is 5.92 Å². The molecule has 1 saturated carbocycles. The van der Waals surface area contributed by atoms with Gasteiger partial charge in [-0.05, 0) is 49.4 Å². The largest absolute Gasteiger partial charge is 0.491 e. The molecule has 2 aromatic heterocycles. The molecule has 1 N–H and O–H groups in total. The molecule has 6 heteroatoms. The van der Waals surface area contributed by atoms with E-state index in [0.29, 0.717) is 0 Å². The number of hydrogen-bond acceptors (Lipinski definition) is 5. The number of aryl methyl sites for hydroxylation is 1. The fourth-order valence-corrected chi connectivity index (χ4v) is 3.97. The first-order valence-electron chi connectivity index (χ1n) is 9.97. The lowest BCUT2D eigenvalue weighted by Crippen LogP contribution is -2.03. The van der Waals surface area contributed by atoms with E-state index >= 15 is 0 Å². The molecule has 28 heavy (non-hydrogen) atoms. The van der Waals surface area contributed by atoms with Gasteiger partial charge < -0.3 is 14.6 Å². The summed E-state index contributed by atoms with van der Waals surface area (Å²) in [5.41, 5.74) is 6.00. The minimum absolute atomic E-state index is 0.728. The highest BCUT2D eigenvalue weighted by Crippen LogP contribution is 2.37. The number of nitrogens with zero attached hydrogens (tertiary/aromatic N) is 4. The number of fused-ring (bicyclic) bond motifs is 1. The molecule has 0 atom stereocenters. The lowest BCUT2D eigenvalue weighted by Gasteiger charge is -2.10. The highest BCUT2D eigenvalue weighted by molar-refractivity contribution is 5.90. The van der Waals surface area contributed by atoms with Gasteiger partial charge in [0.2, 0.25) is 0 Å². The molecule has 140 valence electrons. The zero-order valence-corrected chi connectivity index (χ0v) is 15.6. The van der Waals surface area contributed by atoms with Crippen LogP contribution in [-0.4, -0.2) is 32.7 Å². The average Bonchev–Trinajstić information content (AvgIpc) is 3.51. The van der Waals surface area contributed by atoms with E-state index in [1.165, 1.54) is 12.8 Å². The summed E-state index contributed by atoms with van der Waals surface area (Å²) in [5.74, 6) is 2.71. The number of anilines is 1. The third-order valence-corrected chi connectivity index (χ3v) is 5.61. The number of hydrogen-bond donors (Lipinski definition) is 1. The molecule has 1 fully saturated rings. The Morgan fingerprint density at radius 2 is 1.93 bits per heavy atom. The van der Waals surface area contributed by atoms with Gasteiger partial charge in [-0.3, -0.25) is 9.97 Å². The Balaban J connectivity index is 1.50. The van der Waals surface area contributed by atoms with E-state index in [1.54, 1.807) is 12.4 Å². The number of imidazole rings is 1. The summed E-state index contributed by atoms with van der Waals surface area (Å²) < 4.78 is 8.37. The van der Waals surface area contributed by atoms with Gasteiger partial charge in [-0.25, -0.2) is 4.98 Å². The first-order valence-corrected chi connectivity index (χ1v) is 9.97. The number of rotatable bonds is 4. The van der Waals surface area contributed by atoms with Crippen LogP contribution in [0.1, 0.15) is 19.3 Å². The second kappa shape index (κ2) is 6.19. The van der Waals surface area contributed by atoms with E-state index in [-0.39, 0.29) is 0 Å². The van der Waals surface area contributed by atoms with Gasteiger partial charge >= 0.3 is 0 Å². The third-order valence-electron chi connectivity index (χ3n) is 5.61. The maximum absolute atomic E-state index is 6.08. The molecule has 0 bridgehead atoms. The van der Waals surface area contributed by atoms with Crippen molar-refractivity contribution in [2.75, 3.05) is 18.5 Å². The van der Waals surface area contributed by atoms with E-state index in [4.69, 9.17) is 9.72 Å². The standard InChI is InChI=1S/C22H21N5O/c1-8-27-21-19(11-16(12-20(21)28-9-1)25-13-14-2-3-14)26-22(27)15-4-5-17-18(10-15)24-7-6-23-17/h4-7,10-12,14,25H,1-3,8-9,13H2. The van der Waals surface area contributed by atoms with Crippen LogP contribution in [0.15, 0.2) is 42.7 Å². The van der Waals surface area contributed by atoms with Gasteiger partial charge in [0.25, 0.3) is 0 Å². The lowest BCUT2D eigenvalue weighted by atomic mass is 10.2. The number of benzene rings is 2. The Morgan fingerprint density at radius 3 is 2.82 bits per heavy atom. The summed E-state index contributed by atoms with van der Waals surface area (Å²) in [6, 6.07) is 10.5. The molecule has 0 saturated heterocycles. The van der Waals surface area contributed by atoms with Crippen molar-refractivity contribution >= 4 is 27.8 Å². The molecule has 0 unspecified atom stereocenters. The summed E-state index contributed by atoms with van der Waals surface area (Å²) >= 11 is 0. The zero-order chi connectivity index (χ0) is 18.5. The van der Waals surface area contributed by atoms with Gasteiger partial charge in [0, 0.05) is 42.8 Å². The van der Waals surface area contributed by atoms with Crippen molar-refractivity contribution in [3.05, 3.63) is 42.7 Å². The lowest BCUT2D eigenvalue weighted by molar-refractivity contribution is 0.316. The van der Waals surface area contributed by atoms with Gasteiger partial charge in [-0.2, -0.15) is 0 Å². The molecule has 0 spiro atoms. The molecule has 2 aromatic carbocycles. The Bertz CT molecular complexity index is 1190. The van der Waals surface area contributed by atoms with Crippen LogP contribution in [0.3, 0.4) is 0 Å². The molecule has 4 aromatic rings. The molecular formula is C22H21N5O. The summed E-state index contributed by atoms with van der Waals surface area (Å²) in [7, 11) is 0. The first-order chi connectivity index (χ1) is 13.8. The summed E-state index contributed by atoms with van der Waals surface area (Å²) in [6.07, 6.45) is 7.09. The van der Waals surface area contributed by atoms with Crippen LogP contribution in [0.5, 0.6) is 5.75 Å². The molecule has 6 rings (SSSR count). The third kappa shape index (κ3) is 2.68. The van der Waals surface area contributed by atoms with Gasteiger partial charge in [0.15, 0.2) is 0 Å². The molecule has 1 aliphatic carbocycles. The van der Waals surface area contributed by atoms with E-state index in [9.17, 15) is 0 Å². The van der Waals surface area contributed by atoms with Crippen LogP contribution in [0, 0.1) is 5.92 Å². The van der Waals surface area contributed by atoms with Gasteiger partial charge in [0.1, 0.15) is 17.1 Å². The van der Waals surface area contributed by atoms with Crippen molar-refractivity contribution in [3.8, 4) is 17.1 Å². The Morgan fingerprint density at radius 1 is 1.04 bits per heavy atom. The normalized spacial score (nSPS) is 16.1. The molecular weight excluding hydrogens is 350 g/mol. The quantitative estimate of drug-likeness (QED) is 0.581. The minimum Gasteiger partial charge on any atom is -0.491 e. The number of ether oxygens (including phenoxy) is 1. The highest BCUT2D eigenvalue weighted by atomic mass is 16.5. The molecule has 1 aliphatic heterocycles. The Labute approximate surface area is 162 Å². The summed E-state index contributed by atoms with van der Waals surface area (Å²) in [6.45, 7) is 2.65. The predicted octanol–water partition coefficient (Wildman–Crippen LogP) is 4.25. The van der Waals surface area contributed by atoms with E-state index < -0.39 is 0 Å². The van der Waals surface area contributed by atoms with Gasteiger partial charge in [0.05, 0.1) is 23.2 Å². The topological polar surface area (TPSA) is 64.9 Å².